The molecule has 2 N–H and O–H groups in total. The minimum atomic E-state index is 0.409. The molecule has 0 amide bonds. The molecule has 3 heteroatoms. The molecule has 2 atom stereocenters. The van der Waals surface area contributed by atoms with Crippen molar-refractivity contribution in [3.63, 3.8) is 0 Å². The Bertz CT molecular complexity index is 234. The van der Waals surface area contributed by atoms with Crippen LogP contribution in [0.3, 0.4) is 0 Å². The molecule has 2 fully saturated rings. The average molecular weight is 179 g/mol. The third-order valence-corrected chi connectivity index (χ3v) is 3.88. The first-order valence-corrected chi connectivity index (χ1v) is 5.39. The largest absolute Gasteiger partial charge is 0.316 e. The van der Waals surface area contributed by atoms with Gasteiger partial charge in [-0.3, -0.25) is 0 Å². The van der Waals surface area contributed by atoms with Gasteiger partial charge >= 0.3 is 0 Å². The van der Waals surface area contributed by atoms with Gasteiger partial charge in [0.2, 0.25) is 0 Å². The maximum Gasteiger partial charge on any atom is 0.0440 e. The molecule has 1 spiro atoms. The summed E-state index contributed by atoms with van der Waals surface area (Å²) in [7, 11) is 0. The number of hydrazone groups is 1. The van der Waals surface area contributed by atoms with Crippen LogP contribution in [-0.2, 0) is 0 Å². The van der Waals surface area contributed by atoms with Crippen molar-refractivity contribution in [3.05, 3.63) is 0 Å². The Morgan fingerprint density at radius 2 is 2.31 bits per heavy atom. The molecule has 0 radical (unpaired) electrons. The zero-order valence-corrected chi connectivity index (χ0v) is 7.92. The zero-order chi connectivity index (χ0) is 8.73. The fourth-order valence-corrected chi connectivity index (χ4v) is 2.89. The summed E-state index contributed by atoms with van der Waals surface area (Å²) in [5.74, 6) is 1.83. The quantitative estimate of drug-likeness (QED) is 0.618. The number of nitrogens with one attached hydrogen (secondary N) is 2. The first-order valence-electron chi connectivity index (χ1n) is 5.39. The van der Waals surface area contributed by atoms with Gasteiger partial charge in [0.05, 0.1) is 0 Å². The van der Waals surface area contributed by atoms with Gasteiger partial charge < -0.3 is 10.7 Å². The van der Waals surface area contributed by atoms with Gasteiger partial charge in [0.15, 0.2) is 0 Å². The second kappa shape index (κ2) is 2.71. The van der Waals surface area contributed by atoms with E-state index in [2.05, 4.69) is 22.1 Å². The lowest BCUT2D eigenvalue weighted by Crippen LogP contribution is -2.49. The number of hydrogen-bond acceptors (Lipinski definition) is 3. The van der Waals surface area contributed by atoms with Gasteiger partial charge in [-0.25, -0.2) is 0 Å². The lowest BCUT2D eigenvalue weighted by molar-refractivity contribution is 0.179. The highest BCUT2D eigenvalue weighted by Gasteiger charge is 2.48. The van der Waals surface area contributed by atoms with E-state index in [9.17, 15) is 0 Å². The lowest BCUT2D eigenvalue weighted by Gasteiger charge is -2.39. The molecule has 2 unspecified atom stereocenters. The molecular weight excluding hydrogens is 162 g/mol. The lowest BCUT2D eigenvalue weighted by atomic mass is 9.70. The molecule has 2 aliphatic heterocycles. The number of hydrogen-bond donors (Lipinski definition) is 2. The molecule has 3 rings (SSSR count). The van der Waals surface area contributed by atoms with Crippen LogP contribution in [0.5, 0.6) is 0 Å². The van der Waals surface area contributed by atoms with Crippen LogP contribution in [-0.4, -0.2) is 25.8 Å². The summed E-state index contributed by atoms with van der Waals surface area (Å²) in [5.41, 5.74) is 3.55. The minimum Gasteiger partial charge on any atom is -0.316 e. The molecule has 0 aromatic carbocycles. The Balaban J connectivity index is 1.84. The summed E-state index contributed by atoms with van der Waals surface area (Å²) in [6.07, 6.45) is 6.35. The van der Waals surface area contributed by atoms with Crippen LogP contribution in [0, 0.1) is 17.3 Å². The standard InChI is InChI=1S/C10H17N3/c1-2-8(1)9-5-11-4-3-10(9)6-12-13-7-10/h6,8-9,11,13H,1-5,7H2. The summed E-state index contributed by atoms with van der Waals surface area (Å²) in [4.78, 5) is 0. The smallest absolute Gasteiger partial charge is 0.0440 e. The summed E-state index contributed by atoms with van der Waals surface area (Å²) >= 11 is 0. The van der Waals surface area contributed by atoms with E-state index in [1.165, 1.54) is 25.8 Å². The maximum atomic E-state index is 4.22. The van der Waals surface area contributed by atoms with Crippen molar-refractivity contribution in [1.82, 2.24) is 10.7 Å². The van der Waals surface area contributed by atoms with Crippen LogP contribution in [0.2, 0.25) is 0 Å². The van der Waals surface area contributed by atoms with Crippen molar-refractivity contribution >= 4 is 6.21 Å². The molecule has 1 saturated heterocycles. The van der Waals surface area contributed by atoms with Gasteiger partial charge in [-0.15, -0.1) is 0 Å². The average Bonchev–Trinajstić information content (AvgIpc) is 2.89. The van der Waals surface area contributed by atoms with Gasteiger partial charge in [-0.1, -0.05) is 0 Å². The summed E-state index contributed by atoms with van der Waals surface area (Å²) < 4.78 is 0. The predicted molar refractivity (Wildman–Crippen MR) is 52.6 cm³/mol. The molecule has 0 bridgehead atoms. The highest BCUT2D eigenvalue weighted by Crippen LogP contribution is 2.48. The fourth-order valence-electron chi connectivity index (χ4n) is 2.89. The highest BCUT2D eigenvalue weighted by molar-refractivity contribution is 5.68. The molecule has 1 aliphatic carbocycles. The van der Waals surface area contributed by atoms with Crippen molar-refractivity contribution in [2.75, 3.05) is 19.6 Å². The van der Waals surface area contributed by atoms with E-state index in [1.54, 1.807) is 0 Å². The predicted octanol–water partition coefficient (Wildman–Crippen LogP) is 0.581. The van der Waals surface area contributed by atoms with Crippen molar-refractivity contribution in [3.8, 4) is 0 Å². The molecule has 0 aromatic rings. The summed E-state index contributed by atoms with van der Waals surface area (Å²) in [6.45, 7) is 3.45. The summed E-state index contributed by atoms with van der Waals surface area (Å²) in [6, 6.07) is 0. The summed E-state index contributed by atoms with van der Waals surface area (Å²) in [5, 5.41) is 7.74. The first kappa shape index (κ1) is 7.80. The molecule has 1 saturated carbocycles. The van der Waals surface area contributed by atoms with Crippen LogP contribution in [0.4, 0.5) is 0 Å². The molecular formula is C10H17N3. The molecule has 13 heavy (non-hydrogen) atoms. The van der Waals surface area contributed by atoms with Crippen LogP contribution >= 0.6 is 0 Å². The van der Waals surface area contributed by atoms with Crippen molar-refractivity contribution in [1.29, 1.82) is 0 Å². The second-order valence-corrected chi connectivity index (χ2v) is 4.72. The Kier molecular flexibility index (Phi) is 1.62. The van der Waals surface area contributed by atoms with E-state index in [4.69, 9.17) is 0 Å². The molecule has 0 aromatic heterocycles. The number of nitrogens with zero attached hydrogens (tertiary/aromatic N) is 1. The van der Waals surface area contributed by atoms with Crippen molar-refractivity contribution in [2.24, 2.45) is 22.4 Å². The molecule has 2 heterocycles. The highest BCUT2D eigenvalue weighted by atomic mass is 15.3. The van der Waals surface area contributed by atoms with E-state index < -0.39 is 0 Å². The van der Waals surface area contributed by atoms with E-state index in [0.717, 1.165) is 24.9 Å². The monoisotopic (exact) mass is 179 g/mol. The molecule has 72 valence electrons. The normalized spacial score (nSPS) is 43.8. The zero-order valence-electron chi connectivity index (χ0n) is 7.92. The Morgan fingerprint density at radius 1 is 1.38 bits per heavy atom. The van der Waals surface area contributed by atoms with Gasteiger partial charge in [0, 0.05) is 18.2 Å². The Labute approximate surface area is 79.0 Å². The van der Waals surface area contributed by atoms with Gasteiger partial charge in [-0.05, 0) is 44.2 Å². The van der Waals surface area contributed by atoms with Crippen LogP contribution in [0.15, 0.2) is 5.10 Å². The SMILES string of the molecule is C1=NNCC12CCNCC2C1CC1. The van der Waals surface area contributed by atoms with Crippen LogP contribution in [0.25, 0.3) is 0 Å². The van der Waals surface area contributed by atoms with Crippen molar-refractivity contribution in [2.45, 2.75) is 19.3 Å². The number of rotatable bonds is 1. The molecule has 3 nitrogen and oxygen atoms in total. The minimum absolute atomic E-state index is 0.409. The van der Waals surface area contributed by atoms with Crippen molar-refractivity contribution < 1.29 is 0 Å². The van der Waals surface area contributed by atoms with Crippen LogP contribution < -0.4 is 10.7 Å². The van der Waals surface area contributed by atoms with Gasteiger partial charge in [-0.2, -0.15) is 5.10 Å². The maximum absolute atomic E-state index is 4.22. The Morgan fingerprint density at radius 3 is 3.00 bits per heavy atom. The Hall–Kier alpha value is -0.570. The van der Waals surface area contributed by atoms with Gasteiger partial charge in [0.25, 0.3) is 0 Å². The molecule has 3 aliphatic rings. The van der Waals surface area contributed by atoms with E-state index in [0.29, 0.717) is 5.41 Å². The second-order valence-electron chi connectivity index (χ2n) is 4.72. The van der Waals surface area contributed by atoms with Gasteiger partial charge in [0.1, 0.15) is 0 Å². The first-order chi connectivity index (χ1) is 6.41. The third-order valence-electron chi connectivity index (χ3n) is 3.88. The number of piperidine rings is 1. The topological polar surface area (TPSA) is 36.4 Å². The van der Waals surface area contributed by atoms with E-state index in [-0.39, 0.29) is 0 Å². The van der Waals surface area contributed by atoms with E-state index in [1.807, 2.05) is 0 Å². The third kappa shape index (κ3) is 1.17. The fraction of sp³-hybridized carbons (Fsp3) is 0.900. The van der Waals surface area contributed by atoms with Crippen LogP contribution in [0.1, 0.15) is 19.3 Å². The van der Waals surface area contributed by atoms with E-state index >= 15 is 0 Å².